The van der Waals surface area contributed by atoms with Crippen LogP contribution in [0.1, 0.15) is 0 Å². The van der Waals surface area contributed by atoms with Gasteiger partial charge in [0.15, 0.2) is 0 Å². The first-order valence-corrected chi connectivity index (χ1v) is 4.38. The summed E-state index contributed by atoms with van der Waals surface area (Å²) in [6.07, 6.45) is 1.41. The highest BCUT2D eigenvalue weighted by Crippen LogP contribution is 2.21. The molecule has 0 radical (unpaired) electrons. The molecule has 0 spiro atoms. The van der Waals surface area contributed by atoms with Crippen molar-refractivity contribution in [3.05, 3.63) is 47.4 Å². The Morgan fingerprint density at radius 2 is 2.00 bits per heavy atom. The quantitative estimate of drug-likeness (QED) is 0.720. The smallest absolute Gasteiger partial charge is 0.132 e. The Balaban J connectivity index is 2.55. The van der Waals surface area contributed by atoms with Crippen LogP contribution in [0.2, 0.25) is 5.02 Å². The van der Waals surface area contributed by atoms with Gasteiger partial charge in [-0.05, 0) is 18.2 Å². The van der Waals surface area contributed by atoms with Crippen molar-refractivity contribution in [2.24, 2.45) is 0 Å². The molecular formula is C10H6ClFN2. The fourth-order valence-corrected chi connectivity index (χ4v) is 1.29. The van der Waals surface area contributed by atoms with Crippen molar-refractivity contribution in [1.29, 1.82) is 0 Å². The van der Waals surface area contributed by atoms with Gasteiger partial charge in [0.1, 0.15) is 5.82 Å². The molecule has 0 atom stereocenters. The van der Waals surface area contributed by atoms with Crippen molar-refractivity contribution in [2.45, 2.75) is 0 Å². The normalized spacial score (nSPS) is 10.1. The predicted octanol–water partition coefficient (Wildman–Crippen LogP) is 2.94. The molecule has 2 rings (SSSR count). The summed E-state index contributed by atoms with van der Waals surface area (Å²) in [7, 11) is 0. The molecule has 0 aliphatic rings. The third-order valence-electron chi connectivity index (χ3n) is 1.77. The zero-order valence-electron chi connectivity index (χ0n) is 7.11. The van der Waals surface area contributed by atoms with Crippen LogP contribution < -0.4 is 0 Å². The van der Waals surface area contributed by atoms with Crippen LogP contribution in [-0.2, 0) is 0 Å². The van der Waals surface area contributed by atoms with Crippen LogP contribution in [0.3, 0.4) is 0 Å². The highest BCUT2D eigenvalue weighted by atomic mass is 35.5. The second kappa shape index (κ2) is 3.72. The van der Waals surface area contributed by atoms with Crippen LogP contribution in [0.5, 0.6) is 0 Å². The number of hydrogen-bond donors (Lipinski definition) is 0. The van der Waals surface area contributed by atoms with Gasteiger partial charge < -0.3 is 0 Å². The lowest BCUT2D eigenvalue weighted by atomic mass is 10.1. The van der Waals surface area contributed by atoms with Crippen molar-refractivity contribution in [3.8, 4) is 11.3 Å². The van der Waals surface area contributed by atoms with E-state index in [2.05, 4.69) is 10.2 Å². The van der Waals surface area contributed by atoms with E-state index in [1.165, 1.54) is 12.3 Å². The average Bonchev–Trinajstić information content (AvgIpc) is 2.18. The Bertz CT molecular complexity index is 459. The minimum Gasteiger partial charge on any atom is -0.206 e. The van der Waals surface area contributed by atoms with Crippen LogP contribution in [0.4, 0.5) is 4.39 Å². The van der Waals surface area contributed by atoms with Crippen molar-refractivity contribution in [1.82, 2.24) is 10.2 Å². The standard InChI is InChI=1S/C10H6ClFN2/c11-7-5-10(14-13-6-7)8-3-1-2-4-9(8)12/h1-6H. The van der Waals surface area contributed by atoms with Crippen LogP contribution in [0.15, 0.2) is 36.5 Å². The molecule has 0 amide bonds. The van der Waals surface area contributed by atoms with Gasteiger partial charge in [0, 0.05) is 5.56 Å². The van der Waals surface area contributed by atoms with E-state index in [1.807, 2.05) is 0 Å². The van der Waals surface area contributed by atoms with Crippen LogP contribution in [0, 0.1) is 5.82 Å². The summed E-state index contributed by atoms with van der Waals surface area (Å²) in [5.74, 6) is -0.330. The number of aromatic nitrogens is 2. The van der Waals surface area contributed by atoms with Gasteiger partial charge in [-0.25, -0.2) is 4.39 Å². The van der Waals surface area contributed by atoms with Gasteiger partial charge in [0.25, 0.3) is 0 Å². The molecule has 0 aliphatic carbocycles. The van der Waals surface area contributed by atoms with Gasteiger partial charge in [-0.1, -0.05) is 23.7 Å². The molecule has 0 N–H and O–H groups in total. The minimum absolute atomic E-state index is 0.330. The first kappa shape index (κ1) is 9.09. The molecule has 70 valence electrons. The van der Waals surface area contributed by atoms with E-state index in [1.54, 1.807) is 24.3 Å². The van der Waals surface area contributed by atoms with Crippen LogP contribution in [-0.4, -0.2) is 10.2 Å². The number of nitrogens with zero attached hydrogens (tertiary/aromatic N) is 2. The van der Waals surface area contributed by atoms with E-state index >= 15 is 0 Å². The monoisotopic (exact) mass is 208 g/mol. The summed E-state index contributed by atoms with van der Waals surface area (Å²) >= 11 is 5.72. The zero-order valence-corrected chi connectivity index (χ0v) is 7.87. The molecule has 0 bridgehead atoms. The molecule has 0 saturated carbocycles. The molecule has 0 unspecified atom stereocenters. The largest absolute Gasteiger partial charge is 0.206 e. The maximum Gasteiger partial charge on any atom is 0.132 e. The maximum absolute atomic E-state index is 13.3. The van der Waals surface area contributed by atoms with Crippen molar-refractivity contribution >= 4 is 11.6 Å². The molecule has 1 aromatic heterocycles. The molecule has 2 aromatic rings. The summed E-state index contributed by atoms with van der Waals surface area (Å²) < 4.78 is 13.3. The number of hydrogen-bond acceptors (Lipinski definition) is 2. The SMILES string of the molecule is Fc1ccccc1-c1cc(Cl)cnn1. The molecule has 2 nitrogen and oxygen atoms in total. The fourth-order valence-electron chi connectivity index (χ4n) is 1.14. The third-order valence-corrected chi connectivity index (χ3v) is 1.98. The Kier molecular flexibility index (Phi) is 2.41. The first-order chi connectivity index (χ1) is 6.77. The third kappa shape index (κ3) is 1.72. The zero-order chi connectivity index (χ0) is 9.97. The lowest BCUT2D eigenvalue weighted by molar-refractivity contribution is 0.630. The van der Waals surface area contributed by atoms with Crippen molar-refractivity contribution < 1.29 is 4.39 Å². The summed E-state index contributed by atoms with van der Waals surface area (Å²) in [5.41, 5.74) is 0.845. The van der Waals surface area contributed by atoms with Crippen molar-refractivity contribution in [2.75, 3.05) is 0 Å². The minimum atomic E-state index is -0.330. The highest BCUT2D eigenvalue weighted by Gasteiger charge is 2.05. The molecule has 0 saturated heterocycles. The van der Waals surface area contributed by atoms with Gasteiger partial charge in [-0.15, -0.1) is 0 Å². The number of rotatable bonds is 1. The molecule has 0 aliphatic heterocycles. The van der Waals surface area contributed by atoms with Gasteiger partial charge in [-0.2, -0.15) is 10.2 Å². The van der Waals surface area contributed by atoms with Gasteiger partial charge in [0.2, 0.25) is 0 Å². The average molecular weight is 209 g/mol. The van der Waals surface area contributed by atoms with E-state index in [0.29, 0.717) is 16.3 Å². The molecule has 1 heterocycles. The summed E-state index contributed by atoms with van der Waals surface area (Å²) in [4.78, 5) is 0. The summed E-state index contributed by atoms with van der Waals surface area (Å²) in [6.45, 7) is 0. The maximum atomic E-state index is 13.3. The van der Waals surface area contributed by atoms with E-state index < -0.39 is 0 Å². The van der Waals surface area contributed by atoms with Gasteiger partial charge >= 0.3 is 0 Å². The molecular weight excluding hydrogens is 203 g/mol. The van der Waals surface area contributed by atoms with Gasteiger partial charge in [0.05, 0.1) is 16.9 Å². The summed E-state index contributed by atoms with van der Waals surface area (Å²) in [5, 5.41) is 7.89. The van der Waals surface area contributed by atoms with Crippen LogP contribution in [0.25, 0.3) is 11.3 Å². The molecule has 1 aromatic carbocycles. The number of halogens is 2. The molecule has 0 fully saturated rings. The topological polar surface area (TPSA) is 25.8 Å². The fraction of sp³-hybridized carbons (Fsp3) is 0. The Morgan fingerprint density at radius 1 is 1.21 bits per heavy atom. The lowest BCUT2D eigenvalue weighted by Gasteiger charge is -2.00. The van der Waals surface area contributed by atoms with E-state index in [-0.39, 0.29) is 5.82 Å². The van der Waals surface area contributed by atoms with E-state index in [9.17, 15) is 4.39 Å². The Morgan fingerprint density at radius 3 is 2.71 bits per heavy atom. The number of benzene rings is 1. The van der Waals surface area contributed by atoms with Crippen molar-refractivity contribution in [3.63, 3.8) is 0 Å². The highest BCUT2D eigenvalue weighted by molar-refractivity contribution is 6.30. The Labute approximate surface area is 85.4 Å². The predicted molar refractivity (Wildman–Crippen MR) is 52.4 cm³/mol. The first-order valence-electron chi connectivity index (χ1n) is 4.00. The van der Waals surface area contributed by atoms with Crippen LogP contribution >= 0.6 is 11.6 Å². The van der Waals surface area contributed by atoms with Gasteiger partial charge in [-0.3, -0.25) is 0 Å². The van der Waals surface area contributed by atoms with E-state index in [0.717, 1.165) is 0 Å². The van der Waals surface area contributed by atoms with E-state index in [4.69, 9.17) is 11.6 Å². The second-order valence-corrected chi connectivity index (χ2v) is 3.18. The molecule has 4 heteroatoms. The summed E-state index contributed by atoms with van der Waals surface area (Å²) in [6, 6.07) is 7.94. The molecule has 14 heavy (non-hydrogen) atoms. The second-order valence-electron chi connectivity index (χ2n) is 2.74. The Hall–Kier alpha value is -1.48. The lowest BCUT2D eigenvalue weighted by Crippen LogP contribution is -1.89.